The Morgan fingerprint density at radius 2 is 1.77 bits per heavy atom. The van der Waals surface area contributed by atoms with E-state index in [9.17, 15) is 14.0 Å². The molecule has 0 radical (unpaired) electrons. The van der Waals surface area contributed by atoms with Gasteiger partial charge in [0.15, 0.2) is 0 Å². The first kappa shape index (κ1) is 16.0. The van der Waals surface area contributed by atoms with Crippen LogP contribution >= 0.6 is 11.6 Å². The van der Waals surface area contributed by atoms with E-state index in [2.05, 4.69) is 5.32 Å². The Balaban J connectivity index is 2.23. The van der Waals surface area contributed by atoms with E-state index in [-0.39, 0.29) is 17.0 Å². The molecule has 2 rings (SSSR count). The summed E-state index contributed by atoms with van der Waals surface area (Å²) >= 11 is 5.95. The number of hydrogen-bond acceptors (Lipinski definition) is 2. The van der Waals surface area contributed by atoms with Crippen LogP contribution in [0, 0.1) is 5.82 Å². The SMILES string of the molecule is O=C(O)CC(NC(=O)c1ccccc1Cl)c1ccc(F)cc1. The van der Waals surface area contributed by atoms with Gasteiger partial charge in [0.05, 0.1) is 23.0 Å². The van der Waals surface area contributed by atoms with Crippen LogP contribution in [-0.4, -0.2) is 17.0 Å². The predicted molar refractivity (Wildman–Crippen MR) is 80.3 cm³/mol. The largest absolute Gasteiger partial charge is 0.481 e. The minimum Gasteiger partial charge on any atom is -0.481 e. The number of nitrogens with one attached hydrogen (secondary N) is 1. The lowest BCUT2D eigenvalue weighted by Gasteiger charge is -2.18. The van der Waals surface area contributed by atoms with Crippen molar-refractivity contribution in [2.45, 2.75) is 12.5 Å². The van der Waals surface area contributed by atoms with E-state index in [1.165, 1.54) is 24.3 Å². The van der Waals surface area contributed by atoms with Gasteiger partial charge in [0.2, 0.25) is 0 Å². The Labute approximate surface area is 131 Å². The molecule has 0 heterocycles. The fraction of sp³-hybridized carbons (Fsp3) is 0.125. The van der Waals surface area contributed by atoms with Crippen LogP contribution in [-0.2, 0) is 4.79 Å². The monoisotopic (exact) mass is 321 g/mol. The lowest BCUT2D eigenvalue weighted by Crippen LogP contribution is -2.30. The highest BCUT2D eigenvalue weighted by Gasteiger charge is 2.20. The smallest absolute Gasteiger partial charge is 0.305 e. The molecule has 4 nitrogen and oxygen atoms in total. The van der Waals surface area contributed by atoms with Gasteiger partial charge < -0.3 is 10.4 Å². The molecule has 22 heavy (non-hydrogen) atoms. The third-order valence-electron chi connectivity index (χ3n) is 3.07. The lowest BCUT2D eigenvalue weighted by molar-refractivity contribution is -0.137. The number of benzene rings is 2. The van der Waals surface area contributed by atoms with Gasteiger partial charge in [-0.3, -0.25) is 9.59 Å². The van der Waals surface area contributed by atoms with Gasteiger partial charge in [-0.2, -0.15) is 0 Å². The van der Waals surface area contributed by atoms with E-state index in [4.69, 9.17) is 16.7 Å². The number of aliphatic carboxylic acids is 1. The van der Waals surface area contributed by atoms with Gasteiger partial charge in [0.25, 0.3) is 5.91 Å². The molecule has 0 aromatic heterocycles. The summed E-state index contributed by atoms with van der Waals surface area (Å²) in [5, 5.41) is 11.9. The summed E-state index contributed by atoms with van der Waals surface area (Å²) in [5.41, 5.74) is 0.755. The van der Waals surface area contributed by atoms with Crippen LogP contribution in [0.15, 0.2) is 48.5 Å². The Kier molecular flexibility index (Phi) is 5.12. The van der Waals surface area contributed by atoms with Crippen molar-refractivity contribution < 1.29 is 19.1 Å². The summed E-state index contributed by atoms with van der Waals surface area (Å²) in [6, 6.07) is 11.0. The summed E-state index contributed by atoms with van der Waals surface area (Å²) in [5.74, 6) is -2.00. The minimum atomic E-state index is -1.08. The number of halogens is 2. The van der Waals surface area contributed by atoms with Gasteiger partial charge in [-0.1, -0.05) is 35.9 Å². The molecule has 1 atom stereocenters. The van der Waals surface area contributed by atoms with Gasteiger partial charge in [-0.25, -0.2) is 4.39 Å². The van der Waals surface area contributed by atoms with Crippen molar-refractivity contribution >= 4 is 23.5 Å². The van der Waals surface area contributed by atoms with Gasteiger partial charge in [-0.05, 0) is 29.8 Å². The Morgan fingerprint density at radius 1 is 1.14 bits per heavy atom. The van der Waals surface area contributed by atoms with E-state index in [1.54, 1.807) is 24.3 Å². The van der Waals surface area contributed by atoms with Crippen LogP contribution in [0.2, 0.25) is 5.02 Å². The molecular formula is C16H13ClFNO3. The van der Waals surface area contributed by atoms with Crippen molar-refractivity contribution in [3.05, 3.63) is 70.5 Å². The number of carboxylic acids is 1. The number of carbonyl (C=O) groups excluding carboxylic acids is 1. The summed E-state index contributed by atoms with van der Waals surface area (Å²) in [7, 11) is 0. The Hall–Kier alpha value is -2.40. The number of carbonyl (C=O) groups is 2. The van der Waals surface area contributed by atoms with E-state index in [0.29, 0.717) is 5.56 Å². The zero-order valence-corrected chi connectivity index (χ0v) is 12.2. The molecule has 2 aromatic rings. The summed E-state index contributed by atoms with van der Waals surface area (Å²) in [6.07, 6.45) is -0.318. The van der Waals surface area contributed by atoms with Crippen molar-refractivity contribution in [1.82, 2.24) is 5.32 Å². The minimum absolute atomic E-state index is 0.252. The maximum Gasteiger partial charge on any atom is 0.305 e. The van der Waals surface area contributed by atoms with Gasteiger partial charge >= 0.3 is 5.97 Å². The topological polar surface area (TPSA) is 66.4 Å². The molecule has 0 saturated carbocycles. The van der Waals surface area contributed by atoms with E-state index >= 15 is 0 Å². The van der Waals surface area contributed by atoms with Crippen molar-refractivity contribution in [3.8, 4) is 0 Å². The number of hydrogen-bond donors (Lipinski definition) is 2. The Morgan fingerprint density at radius 3 is 2.36 bits per heavy atom. The van der Waals surface area contributed by atoms with Crippen molar-refractivity contribution in [3.63, 3.8) is 0 Å². The number of carboxylic acid groups (broad SMARTS) is 1. The molecule has 0 bridgehead atoms. The Bertz CT molecular complexity index is 688. The van der Waals surface area contributed by atoms with Crippen molar-refractivity contribution in [1.29, 1.82) is 0 Å². The van der Waals surface area contributed by atoms with Crippen LogP contribution < -0.4 is 5.32 Å². The van der Waals surface area contributed by atoms with E-state index < -0.39 is 23.7 Å². The summed E-state index contributed by atoms with van der Waals surface area (Å²) in [4.78, 5) is 23.2. The van der Waals surface area contributed by atoms with Crippen LogP contribution in [0.3, 0.4) is 0 Å². The van der Waals surface area contributed by atoms with Gasteiger partial charge in [0, 0.05) is 0 Å². The van der Waals surface area contributed by atoms with E-state index in [1.807, 2.05) is 0 Å². The quantitative estimate of drug-likeness (QED) is 0.886. The highest BCUT2D eigenvalue weighted by Crippen LogP contribution is 2.20. The average Bonchev–Trinajstić information content (AvgIpc) is 2.47. The zero-order valence-electron chi connectivity index (χ0n) is 11.4. The number of rotatable bonds is 5. The molecule has 1 amide bonds. The van der Waals surface area contributed by atoms with Gasteiger partial charge in [0.1, 0.15) is 5.82 Å². The number of amides is 1. The molecule has 114 valence electrons. The third kappa shape index (κ3) is 4.05. The third-order valence-corrected chi connectivity index (χ3v) is 3.40. The molecule has 0 fully saturated rings. The van der Waals surface area contributed by atoms with Crippen LogP contribution in [0.5, 0.6) is 0 Å². The molecule has 0 aliphatic carbocycles. The molecule has 1 unspecified atom stereocenters. The second-order valence-corrected chi connectivity index (χ2v) is 5.06. The standard InChI is InChI=1S/C16H13ClFNO3/c17-13-4-2-1-3-12(13)16(22)19-14(9-15(20)21)10-5-7-11(18)8-6-10/h1-8,14H,9H2,(H,19,22)(H,20,21). The maximum absolute atomic E-state index is 13.0. The second-order valence-electron chi connectivity index (χ2n) is 4.66. The van der Waals surface area contributed by atoms with E-state index in [0.717, 1.165) is 0 Å². The lowest BCUT2D eigenvalue weighted by atomic mass is 10.0. The molecule has 2 N–H and O–H groups in total. The molecule has 6 heteroatoms. The maximum atomic E-state index is 13.0. The molecular weight excluding hydrogens is 309 g/mol. The molecule has 2 aromatic carbocycles. The second kappa shape index (κ2) is 7.04. The molecule has 0 saturated heterocycles. The predicted octanol–water partition coefficient (Wildman–Crippen LogP) is 3.42. The summed E-state index contributed by atoms with van der Waals surface area (Å²) in [6.45, 7) is 0. The van der Waals surface area contributed by atoms with Gasteiger partial charge in [-0.15, -0.1) is 0 Å². The van der Waals surface area contributed by atoms with Crippen LogP contribution in [0.4, 0.5) is 4.39 Å². The van der Waals surface area contributed by atoms with Crippen molar-refractivity contribution in [2.75, 3.05) is 0 Å². The highest BCUT2D eigenvalue weighted by atomic mass is 35.5. The fourth-order valence-corrected chi connectivity index (χ4v) is 2.22. The average molecular weight is 322 g/mol. The summed E-state index contributed by atoms with van der Waals surface area (Å²) < 4.78 is 13.0. The van der Waals surface area contributed by atoms with Crippen LogP contribution in [0.1, 0.15) is 28.4 Å². The normalized spacial score (nSPS) is 11.7. The first-order valence-electron chi connectivity index (χ1n) is 6.50. The fourth-order valence-electron chi connectivity index (χ4n) is 2.00. The van der Waals surface area contributed by atoms with Crippen LogP contribution in [0.25, 0.3) is 0 Å². The first-order chi connectivity index (χ1) is 10.5. The molecule has 0 spiro atoms. The zero-order chi connectivity index (χ0) is 16.1. The van der Waals surface area contributed by atoms with Crippen molar-refractivity contribution in [2.24, 2.45) is 0 Å². The highest BCUT2D eigenvalue weighted by molar-refractivity contribution is 6.33. The molecule has 0 aliphatic rings. The molecule has 0 aliphatic heterocycles. The first-order valence-corrected chi connectivity index (χ1v) is 6.88.